The molecule has 1 amide bonds. The second-order valence-corrected chi connectivity index (χ2v) is 8.97. The van der Waals surface area contributed by atoms with Gasteiger partial charge in [-0.25, -0.2) is 18.0 Å². The van der Waals surface area contributed by atoms with Crippen LogP contribution in [0.25, 0.3) is 0 Å². The molecule has 2 aromatic rings. The highest BCUT2D eigenvalue weighted by atomic mass is 32.2. The standard InChI is InChI=1S/C21H23N3O8S/c25-19(21(28)29)22-16-7-4-8-17(18(16)20(26)27)24(10-9-23-11-13-32-14-12-23)33(30,31)15-5-2-1-3-6-15/h1-8H,9-14H2,(H,22,25)(H,26,27)(H,28,29). The molecule has 176 valence electrons. The summed E-state index contributed by atoms with van der Waals surface area (Å²) in [7, 11) is -4.19. The van der Waals surface area contributed by atoms with Crippen molar-refractivity contribution in [1.82, 2.24) is 4.90 Å². The lowest BCUT2D eigenvalue weighted by Gasteiger charge is -2.31. The smallest absolute Gasteiger partial charge is 0.394 e. The van der Waals surface area contributed by atoms with Crippen LogP contribution < -0.4 is 9.62 Å². The monoisotopic (exact) mass is 477 g/mol. The van der Waals surface area contributed by atoms with Gasteiger partial charge in [0.1, 0.15) is 5.56 Å². The number of carbonyl (C=O) groups excluding carboxylic acids is 1. The summed E-state index contributed by atoms with van der Waals surface area (Å²) >= 11 is 0. The number of aromatic carboxylic acids is 1. The van der Waals surface area contributed by atoms with E-state index in [1.807, 2.05) is 10.2 Å². The highest BCUT2D eigenvalue weighted by Gasteiger charge is 2.31. The Labute approximate surface area is 190 Å². The van der Waals surface area contributed by atoms with Crippen LogP contribution in [-0.4, -0.2) is 80.8 Å². The van der Waals surface area contributed by atoms with Gasteiger partial charge in [0.05, 0.1) is 29.5 Å². The number of hydrogen-bond acceptors (Lipinski definition) is 7. The number of nitrogens with zero attached hydrogens (tertiary/aromatic N) is 2. The SMILES string of the molecule is O=C(O)C(=O)Nc1cccc(N(CCN2CCOCC2)S(=O)(=O)c2ccccc2)c1C(=O)O. The van der Waals surface area contributed by atoms with Gasteiger partial charge in [0.2, 0.25) is 0 Å². The number of carbonyl (C=O) groups is 3. The maximum absolute atomic E-state index is 13.5. The molecule has 1 heterocycles. The summed E-state index contributed by atoms with van der Waals surface area (Å²) < 4.78 is 33.3. The molecular weight excluding hydrogens is 454 g/mol. The lowest BCUT2D eigenvalue weighted by Crippen LogP contribution is -2.43. The average molecular weight is 477 g/mol. The number of ether oxygens (including phenoxy) is 1. The molecule has 12 heteroatoms. The van der Waals surface area contributed by atoms with E-state index in [-0.39, 0.29) is 22.8 Å². The lowest BCUT2D eigenvalue weighted by molar-refractivity contribution is -0.147. The number of amides is 1. The summed E-state index contributed by atoms with van der Waals surface area (Å²) in [5, 5.41) is 20.7. The molecule has 0 radical (unpaired) electrons. The molecule has 3 N–H and O–H groups in total. The molecule has 3 rings (SSSR count). The minimum atomic E-state index is -4.19. The van der Waals surface area contributed by atoms with Crippen LogP contribution >= 0.6 is 0 Å². The number of morpholine rings is 1. The predicted molar refractivity (Wildman–Crippen MR) is 118 cm³/mol. The van der Waals surface area contributed by atoms with Crippen molar-refractivity contribution in [3.05, 3.63) is 54.1 Å². The molecule has 1 aliphatic rings. The molecule has 0 spiro atoms. The number of carboxylic acid groups (broad SMARTS) is 2. The number of anilines is 2. The molecule has 0 bridgehead atoms. The zero-order valence-corrected chi connectivity index (χ0v) is 18.3. The third-order valence-electron chi connectivity index (χ3n) is 5.02. The Kier molecular flexibility index (Phi) is 7.63. The highest BCUT2D eigenvalue weighted by molar-refractivity contribution is 7.92. The van der Waals surface area contributed by atoms with Crippen LogP contribution in [0, 0.1) is 0 Å². The Morgan fingerprint density at radius 2 is 1.67 bits per heavy atom. The average Bonchev–Trinajstić information content (AvgIpc) is 2.80. The number of benzene rings is 2. The van der Waals surface area contributed by atoms with Gasteiger partial charge in [-0.05, 0) is 24.3 Å². The van der Waals surface area contributed by atoms with Crippen LogP contribution in [-0.2, 0) is 24.3 Å². The summed E-state index contributed by atoms with van der Waals surface area (Å²) in [5.74, 6) is -4.77. The van der Waals surface area contributed by atoms with Crippen molar-refractivity contribution in [2.45, 2.75) is 4.90 Å². The van der Waals surface area contributed by atoms with Gasteiger partial charge in [-0.1, -0.05) is 24.3 Å². The van der Waals surface area contributed by atoms with E-state index in [2.05, 4.69) is 0 Å². The van der Waals surface area contributed by atoms with E-state index in [1.165, 1.54) is 30.3 Å². The van der Waals surface area contributed by atoms with Crippen LogP contribution in [0.15, 0.2) is 53.4 Å². The topological polar surface area (TPSA) is 154 Å². The van der Waals surface area contributed by atoms with Crippen LogP contribution in [0.2, 0.25) is 0 Å². The van der Waals surface area contributed by atoms with Crippen molar-refractivity contribution in [2.75, 3.05) is 49.0 Å². The predicted octanol–water partition coefficient (Wildman–Crippen LogP) is 0.935. The van der Waals surface area contributed by atoms with Crippen molar-refractivity contribution in [2.24, 2.45) is 0 Å². The molecule has 0 aliphatic carbocycles. The number of sulfonamides is 1. The summed E-state index contributed by atoms with van der Waals surface area (Å²) in [6.45, 7) is 2.43. The van der Waals surface area contributed by atoms with Crippen LogP contribution in [0.3, 0.4) is 0 Å². The Balaban J connectivity index is 2.08. The van der Waals surface area contributed by atoms with Gasteiger partial charge in [0, 0.05) is 26.2 Å². The lowest BCUT2D eigenvalue weighted by atomic mass is 10.1. The van der Waals surface area contributed by atoms with Gasteiger partial charge in [-0.3, -0.25) is 14.0 Å². The minimum Gasteiger partial charge on any atom is -0.478 e. The van der Waals surface area contributed by atoms with Gasteiger partial charge in [0.25, 0.3) is 10.0 Å². The molecule has 1 aliphatic heterocycles. The molecular formula is C21H23N3O8S. The number of rotatable bonds is 8. The van der Waals surface area contributed by atoms with Crippen molar-refractivity contribution < 1.29 is 37.8 Å². The number of carboxylic acids is 2. The van der Waals surface area contributed by atoms with Crippen molar-refractivity contribution in [1.29, 1.82) is 0 Å². The Bertz CT molecular complexity index is 1130. The van der Waals surface area contributed by atoms with Crippen LogP contribution in [0.5, 0.6) is 0 Å². The van der Waals surface area contributed by atoms with Crippen molar-refractivity contribution in [3.8, 4) is 0 Å². The fraction of sp³-hybridized carbons (Fsp3) is 0.286. The zero-order valence-electron chi connectivity index (χ0n) is 17.5. The third kappa shape index (κ3) is 5.66. The van der Waals surface area contributed by atoms with Gasteiger partial charge < -0.3 is 20.3 Å². The molecule has 33 heavy (non-hydrogen) atoms. The first kappa shape index (κ1) is 24.2. The van der Waals surface area contributed by atoms with Gasteiger partial charge in [-0.15, -0.1) is 0 Å². The minimum absolute atomic E-state index is 0.0386. The van der Waals surface area contributed by atoms with Crippen molar-refractivity contribution >= 4 is 39.2 Å². The molecule has 0 atom stereocenters. The second kappa shape index (κ2) is 10.4. The molecule has 2 aromatic carbocycles. The highest BCUT2D eigenvalue weighted by Crippen LogP contribution is 2.32. The van der Waals surface area contributed by atoms with E-state index in [0.717, 1.165) is 4.31 Å². The first-order chi connectivity index (χ1) is 15.7. The van der Waals surface area contributed by atoms with E-state index in [4.69, 9.17) is 9.84 Å². The molecule has 0 aromatic heterocycles. The maximum atomic E-state index is 13.5. The van der Waals surface area contributed by atoms with E-state index in [0.29, 0.717) is 32.8 Å². The Morgan fingerprint density at radius 1 is 1.00 bits per heavy atom. The number of hydrogen-bond donors (Lipinski definition) is 3. The first-order valence-electron chi connectivity index (χ1n) is 10.0. The molecule has 11 nitrogen and oxygen atoms in total. The molecule has 1 fully saturated rings. The zero-order chi connectivity index (χ0) is 24.0. The summed E-state index contributed by atoms with van der Waals surface area (Å²) in [6, 6.07) is 11.4. The van der Waals surface area contributed by atoms with Crippen LogP contribution in [0.1, 0.15) is 10.4 Å². The molecule has 0 unspecified atom stereocenters. The fourth-order valence-electron chi connectivity index (χ4n) is 3.40. The normalized spacial score (nSPS) is 14.4. The van der Waals surface area contributed by atoms with E-state index in [1.54, 1.807) is 18.2 Å². The van der Waals surface area contributed by atoms with E-state index < -0.39 is 33.4 Å². The van der Waals surface area contributed by atoms with E-state index in [9.17, 15) is 27.9 Å². The molecule has 1 saturated heterocycles. The fourth-order valence-corrected chi connectivity index (χ4v) is 4.89. The number of aliphatic carboxylic acids is 1. The quantitative estimate of drug-likeness (QED) is 0.471. The van der Waals surface area contributed by atoms with Gasteiger partial charge >= 0.3 is 17.8 Å². The van der Waals surface area contributed by atoms with Gasteiger partial charge in [-0.2, -0.15) is 0 Å². The maximum Gasteiger partial charge on any atom is 0.394 e. The van der Waals surface area contributed by atoms with Crippen LogP contribution in [0.4, 0.5) is 11.4 Å². The molecule has 0 saturated carbocycles. The largest absolute Gasteiger partial charge is 0.478 e. The summed E-state index contributed by atoms with van der Waals surface area (Å²) in [4.78, 5) is 36.7. The Morgan fingerprint density at radius 3 is 2.27 bits per heavy atom. The van der Waals surface area contributed by atoms with E-state index >= 15 is 0 Å². The van der Waals surface area contributed by atoms with Crippen molar-refractivity contribution in [3.63, 3.8) is 0 Å². The summed E-state index contributed by atoms with van der Waals surface area (Å²) in [5.41, 5.74) is -1.05. The number of nitrogens with one attached hydrogen (secondary N) is 1. The third-order valence-corrected chi connectivity index (χ3v) is 6.85. The second-order valence-electron chi connectivity index (χ2n) is 7.11. The first-order valence-corrected chi connectivity index (χ1v) is 11.4. The summed E-state index contributed by atoms with van der Waals surface area (Å²) in [6.07, 6.45) is 0. The Hall–Kier alpha value is -3.48. The van der Waals surface area contributed by atoms with Gasteiger partial charge in [0.15, 0.2) is 0 Å².